The van der Waals surface area contributed by atoms with Crippen LogP contribution in [0, 0.1) is 0 Å². The molecule has 0 aliphatic heterocycles. The molecule has 8 aromatic rings. The Balaban J connectivity index is 1.64. The van der Waals surface area contributed by atoms with Crippen molar-refractivity contribution >= 4 is 49.1 Å². The predicted molar refractivity (Wildman–Crippen MR) is 191 cm³/mol. The topological polar surface area (TPSA) is 13.1 Å². The number of rotatable bonds is 4. The van der Waals surface area contributed by atoms with E-state index in [1.165, 1.54) is 0 Å². The Hall–Kier alpha value is -5.66. The Morgan fingerprint density at radius 3 is 1.82 bits per heavy atom. The molecule has 1 aliphatic rings. The van der Waals surface area contributed by atoms with Gasteiger partial charge < -0.3 is 4.42 Å². The molecule has 0 saturated heterocycles. The molecule has 0 N–H and O–H groups in total. The number of benzene rings is 7. The average molecular weight is 592 g/mol. The summed E-state index contributed by atoms with van der Waals surface area (Å²) < 4.78 is 160. The van der Waals surface area contributed by atoms with Crippen LogP contribution in [0.2, 0.25) is 0 Å². The summed E-state index contributed by atoms with van der Waals surface area (Å²) in [6.45, 7) is 0. The van der Waals surface area contributed by atoms with Crippen LogP contribution < -0.4 is 0 Å². The number of allylic oxidation sites excluding steroid dienone is 4. The fourth-order valence-electron chi connectivity index (χ4n) is 6.25. The first-order valence-electron chi connectivity index (χ1n) is 22.9. The van der Waals surface area contributed by atoms with Crippen molar-refractivity contribution in [1.82, 2.24) is 0 Å². The molecule has 1 aromatic heterocycles. The Labute approximate surface area is 286 Å². The van der Waals surface area contributed by atoms with Crippen molar-refractivity contribution in [2.45, 2.75) is 12.8 Å². The monoisotopic (exact) mass is 591 g/mol. The minimum Gasteiger partial charge on any atom is -0.456 e. The van der Waals surface area contributed by atoms with Gasteiger partial charge in [-0.25, -0.2) is 0 Å². The maximum Gasteiger partial charge on any atom is 0.136 e. The highest BCUT2D eigenvalue weighted by atomic mass is 16.3. The lowest BCUT2D eigenvalue weighted by Crippen LogP contribution is -1.94. The third-order valence-corrected chi connectivity index (χ3v) is 8.14. The van der Waals surface area contributed by atoms with Gasteiger partial charge in [-0.1, -0.05) is 139 Å². The molecule has 0 bridgehead atoms. The van der Waals surface area contributed by atoms with E-state index in [1.807, 2.05) is 24.3 Å². The lowest BCUT2D eigenvalue weighted by Gasteiger charge is -2.20. The van der Waals surface area contributed by atoms with Gasteiger partial charge in [-0.3, -0.25) is 0 Å². The lowest BCUT2D eigenvalue weighted by molar-refractivity contribution is 0.669. The molecular formula is C44H30O. The summed E-state index contributed by atoms with van der Waals surface area (Å²) in [5.74, 6) is 0. The highest BCUT2D eigenvalue weighted by Gasteiger charge is 2.22. The van der Waals surface area contributed by atoms with Crippen molar-refractivity contribution < 1.29 is 27.7 Å². The second kappa shape index (κ2) is 10.5. The zero-order valence-corrected chi connectivity index (χ0v) is 23.5. The highest BCUT2D eigenvalue weighted by molar-refractivity contribution is 6.26. The van der Waals surface area contributed by atoms with E-state index < -0.39 is 136 Å². The van der Waals surface area contributed by atoms with Gasteiger partial charge in [0.2, 0.25) is 0 Å². The largest absolute Gasteiger partial charge is 0.456 e. The first-order chi connectivity index (χ1) is 29.4. The molecule has 0 atom stereocenters. The summed E-state index contributed by atoms with van der Waals surface area (Å²) in [6, 6.07) is -2.55. The smallest absolute Gasteiger partial charge is 0.136 e. The van der Waals surface area contributed by atoms with Crippen molar-refractivity contribution in [3.63, 3.8) is 0 Å². The van der Waals surface area contributed by atoms with Crippen LogP contribution in [0.4, 0.5) is 0 Å². The van der Waals surface area contributed by atoms with Crippen molar-refractivity contribution in [3.8, 4) is 33.4 Å². The van der Waals surface area contributed by atoms with Crippen molar-refractivity contribution in [2.75, 3.05) is 0 Å². The zero-order valence-electron chi connectivity index (χ0n) is 40.5. The summed E-state index contributed by atoms with van der Waals surface area (Å²) in [5, 5.41) is -0.276. The van der Waals surface area contributed by atoms with Crippen LogP contribution in [0.3, 0.4) is 0 Å². The summed E-state index contributed by atoms with van der Waals surface area (Å²) in [7, 11) is 0. The predicted octanol–water partition coefficient (Wildman–Crippen LogP) is 12.6. The van der Waals surface area contributed by atoms with Crippen LogP contribution in [0.5, 0.6) is 0 Å². The van der Waals surface area contributed by atoms with E-state index in [9.17, 15) is 8.22 Å². The van der Waals surface area contributed by atoms with E-state index in [4.69, 9.17) is 19.5 Å². The fraction of sp³-hybridized carbons (Fsp3) is 0.0455. The zero-order chi connectivity index (χ0) is 44.5. The normalized spacial score (nSPS) is 18.5. The average Bonchev–Trinajstić information content (AvgIpc) is 3.66. The molecule has 1 aliphatic carbocycles. The molecule has 212 valence electrons. The molecular weight excluding hydrogens is 544 g/mol. The summed E-state index contributed by atoms with van der Waals surface area (Å²) in [4.78, 5) is 0. The summed E-state index contributed by atoms with van der Waals surface area (Å²) >= 11 is 0. The van der Waals surface area contributed by atoms with E-state index in [2.05, 4.69) is 0 Å². The maximum atomic E-state index is 9.58. The van der Waals surface area contributed by atoms with Crippen molar-refractivity contribution in [1.29, 1.82) is 0 Å². The van der Waals surface area contributed by atoms with E-state index >= 15 is 0 Å². The van der Waals surface area contributed by atoms with E-state index in [1.54, 1.807) is 30.3 Å². The molecule has 0 saturated carbocycles. The van der Waals surface area contributed by atoms with Crippen molar-refractivity contribution in [2.24, 2.45) is 0 Å². The molecule has 0 fully saturated rings. The van der Waals surface area contributed by atoms with Gasteiger partial charge in [-0.05, 0) is 97.1 Å². The van der Waals surface area contributed by atoms with Crippen LogP contribution in [-0.4, -0.2) is 0 Å². The third kappa shape index (κ3) is 4.16. The van der Waals surface area contributed by atoms with E-state index in [0.717, 1.165) is 18.4 Å². The molecule has 1 heterocycles. The van der Waals surface area contributed by atoms with Crippen LogP contribution in [0.15, 0.2) is 162 Å². The Morgan fingerprint density at radius 1 is 0.511 bits per heavy atom. The Morgan fingerprint density at radius 2 is 1.13 bits per heavy atom. The third-order valence-electron chi connectivity index (χ3n) is 8.14. The molecule has 9 rings (SSSR count). The van der Waals surface area contributed by atoms with E-state index in [-0.39, 0.29) is 21.9 Å². The molecule has 45 heavy (non-hydrogen) atoms. The van der Waals surface area contributed by atoms with Gasteiger partial charge in [-0.2, -0.15) is 0 Å². The minimum absolute atomic E-state index is 0.0401. The van der Waals surface area contributed by atoms with Crippen LogP contribution >= 0.6 is 0 Å². The maximum absolute atomic E-state index is 9.58. The molecule has 0 unspecified atom stereocenters. The number of hydrogen-bond donors (Lipinski definition) is 0. The number of hydrogen-bond acceptors (Lipinski definition) is 1. The van der Waals surface area contributed by atoms with Gasteiger partial charge in [0.1, 0.15) is 11.2 Å². The Bertz CT molecular complexity index is 3330. The lowest BCUT2D eigenvalue weighted by atomic mass is 9.82. The quantitative estimate of drug-likeness (QED) is 0.186. The SMILES string of the molecule is [2H]c1c([2H])c([2H])c(-c2c([2H])c([2H])c([2H])c([2H])c2-c2c3c([2H])c([2H])c([2H])c([2H])c3c(-c3cc(C4=CCCC=C4)cc4oc5ccccc5c34)c3c([2H])c([2H])c([2H])c([2H])c23)c([2H])c1[2H]. The second-order valence-electron chi connectivity index (χ2n) is 10.6. The van der Waals surface area contributed by atoms with Crippen molar-refractivity contribution in [3.05, 3.63) is 163 Å². The Kier molecular flexibility index (Phi) is 3.26. The number of furan rings is 1. The summed E-state index contributed by atoms with van der Waals surface area (Å²) in [5.41, 5.74) is 0.139. The second-order valence-corrected chi connectivity index (χ2v) is 10.6. The van der Waals surface area contributed by atoms with E-state index in [0.29, 0.717) is 27.5 Å². The highest BCUT2D eigenvalue weighted by Crippen LogP contribution is 2.49. The van der Waals surface area contributed by atoms with Gasteiger partial charge in [0.05, 0.1) is 23.3 Å². The van der Waals surface area contributed by atoms with Gasteiger partial charge in [0.25, 0.3) is 0 Å². The fourth-order valence-corrected chi connectivity index (χ4v) is 6.25. The first kappa shape index (κ1) is 14.0. The van der Waals surface area contributed by atoms with Gasteiger partial charge >= 0.3 is 0 Å². The number of para-hydroxylation sites is 1. The molecule has 7 aromatic carbocycles. The molecule has 1 heteroatoms. The van der Waals surface area contributed by atoms with Crippen LogP contribution in [0.25, 0.3) is 82.4 Å². The first-order valence-corrected chi connectivity index (χ1v) is 14.4. The minimum atomic E-state index is -0.861. The van der Waals surface area contributed by atoms with Gasteiger partial charge in [0.15, 0.2) is 0 Å². The molecule has 1 nitrogen and oxygen atoms in total. The summed E-state index contributed by atoms with van der Waals surface area (Å²) in [6.07, 6.45) is 7.47. The van der Waals surface area contributed by atoms with Crippen LogP contribution in [-0.2, 0) is 0 Å². The van der Waals surface area contributed by atoms with Gasteiger partial charge in [-0.15, -0.1) is 0 Å². The molecule has 0 amide bonds. The number of fused-ring (bicyclic) bond motifs is 5. The standard InChI is InChI=1S/C44H30O/c1-3-15-29(16-4-1)31-27-39(44-38-25-13-14-26-40(38)45-41(44)28-31)43-36-23-11-9-21-34(36)42(35-22-10-12-24-37(35)43)33-20-8-7-19-32(33)30-17-5-2-6-18-30/h2-3,5-28H,1,4H2/i2D,5D,6D,7D,8D,9D,10D,11D,12D,17D,18D,19D,20D,21D,22D,23D,24D. The van der Waals surface area contributed by atoms with Gasteiger partial charge in [0, 0.05) is 10.8 Å². The molecule has 0 radical (unpaired) electrons. The van der Waals surface area contributed by atoms with Crippen LogP contribution in [0.1, 0.15) is 41.7 Å². The molecule has 0 spiro atoms.